The highest BCUT2D eigenvalue weighted by Gasteiger charge is 2.34. The van der Waals surface area contributed by atoms with Crippen molar-refractivity contribution >= 4 is 50.9 Å². The number of nitrogens with zero attached hydrogens (tertiary/aromatic N) is 1. The fraction of sp³-hybridized carbons (Fsp3) is 0.227. The number of methoxy groups -OCH3 is 1. The monoisotopic (exact) mass is 489 g/mol. The molecular weight excluding hydrogens is 470 g/mol. The normalized spacial score (nSPS) is 15.0. The Bertz CT molecular complexity index is 977. The maximum Gasteiger partial charge on any atom is 0.343 e. The summed E-state index contributed by atoms with van der Waals surface area (Å²) in [4.78, 5) is 37.8. The molecule has 0 radical (unpaired) electrons. The lowest BCUT2D eigenvalue weighted by Gasteiger charge is -2.12. The van der Waals surface area contributed by atoms with Gasteiger partial charge >= 0.3 is 5.97 Å². The van der Waals surface area contributed by atoms with Crippen molar-refractivity contribution in [2.45, 2.75) is 12.8 Å². The number of halogens is 1. The molecule has 0 spiro atoms. The van der Waals surface area contributed by atoms with Gasteiger partial charge in [-0.2, -0.15) is 0 Å². The minimum atomic E-state index is -0.480. The van der Waals surface area contributed by atoms with Gasteiger partial charge in [0, 0.05) is 6.54 Å². The number of aryl methyl sites for hydroxylation is 1. The quantitative estimate of drug-likeness (QED) is 0.396. The molecule has 0 bridgehead atoms. The molecule has 1 aliphatic rings. The van der Waals surface area contributed by atoms with Crippen LogP contribution in [-0.2, 0) is 20.7 Å². The zero-order valence-corrected chi connectivity index (χ0v) is 18.7. The molecule has 0 aromatic heterocycles. The van der Waals surface area contributed by atoms with Crippen molar-refractivity contribution in [1.29, 1.82) is 0 Å². The Labute approximate surface area is 187 Å². The lowest BCUT2D eigenvalue weighted by Crippen LogP contribution is -2.29. The Balaban J connectivity index is 1.61. The van der Waals surface area contributed by atoms with Crippen molar-refractivity contribution in [2.24, 2.45) is 0 Å². The van der Waals surface area contributed by atoms with E-state index in [9.17, 15) is 14.4 Å². The van der Waals surface area contributed by atoms with Crippen molar-refractivity contribution < 1.29 is 23.9 Å². The number of thioether (sulfide) groups is 1. The van der Waals surface area contributed by atoms with Gasteiger partial charge in [0.1, 0.15) is 5.75 Å². The van der Waals surface area contributed by atoms with Gasteiger partial charge in [-0.1, -0.05) is 36.4 Å². The van der Waals surface area contributed by atoms with Gasteiger partial charge in [0.25, 0.3) is 11.1 Å². The average Bonchev–Trinajstić information content (AvgIpc) is 3.01. The average molecular weight is 490 g/mol. The summed E-state index contributed by atoms with van der Waals surface area (Å²) >= 11 is 4.33. The lowest BCUT2D eigenvalue weighted by atomic mass is 10.1. The number of carbonyl (C=O) groups is 3. The number of amides is 2. The summed E-state index contributed by atoms with van der Waals surface area (Å²) in [6, 6.07) is 15.2. The van der Waals surface area contributed by atoms with E-state index >= 15 is 0 Å². The molecule has 0 aliphatic carbocycles. The second-order valence-corrected chi connectivity index (χ2v) is 8.32. The van der Waals surface area contributed by atoms with Gasteiger partial charge in [-0.15, -0.1) is 0 Å². The highest BCUT2D eigenvalue weighted by atomic mass is 79.9. The van der Waals surface area contributed by atoms with Crippen LogP contribution in [0.4, 0.5) is 4.79 Å². The number of imide groups is 1. The van der Waals surface area contributed by atoms with Crippen LogP contribution < -0.4 is 4.74 Å². The summed E-state index contributed by atoms with van der Waals surface area (Å²) in [6.45, 7) is 0.192. The van der Waals surface area contributed by atoms with Crippen LogP contribution >= 0.6 is 27.7 Å². The van der Waals surface area contributed by atoms with E-state index in [0.29, 0.717) is 28.1 Å². The largest absolute Gasteiger partial charge is 0.481 e. The Morgan fingerprint density at radius 2 is 1.93 bits per heavy atom. The zero-order chi connectivity index (χ0) is 21.5. The van der Waals surface area contributed by atoms with Gasteiger partial charge in [-0.25, -0.2) is 4.79 Å². The number of ether oxygens (including phenoxy) is 2. The molecule has 8 heteroatoms. The van der Waals surface area contributed by atoms with E-state index in [1.807, 2.05) is 30.3 Å². The van der Waals surface area contributed by atoms with Gasteiger partial charge in [-0.05, 0) is 69.9 Å². The number of hydrogen-bond acceptors (Lipinski definition) is 6. The van der Waals surface area contributed by atoms with Crippen LogP contribution in [0.3, 0.4) is 0 Å². The predicted octanol–water partition coefficient (Wildman–Crippen LogP) is 4.67. The van der Waals surface area contributed by atoms with Gasteiger partial charge in [-0.3, -0.25) is 14.5 Å². The first-order chi connectivity index (χ1) is 14.5. The van der Waals surface area contributed by atoms with Crippen LogP contribution in [-0.4, -0.2) is 42.3 Å². The summed E-state index contributed by atoms with van der Waals surface area (Å²) in [5.41, 5.74) is 1.92. The molecule has 30 heavy (non-hydrogen) atoms. The highest BCUT2D eigenvalue weighted by Crippen LogP contribution is 2.34. The van der Waals surface area contributed by atoms with E-state index in [0.717, 1.165) is 23.7 Å². The Kier molecular flexibility index (Phi) is 7.70. The first kappa shape index (κ1) is 22.1. The van der Waals surface area contributed by atoms with Crippen molar-refractivity contribution in [3.63, 3.8) is 0 Å². The number of benzene rings is 2. The summed E-state index contributed by atoms with van der Waals surface area (Å²) in [5.74, 6) is -0.279. The van der Waals surface area contributed by atoms with Crippen molar-refractivity contribution in [1.82, 2.24) is 4.90 Å². The molecule has 3 rings (SSSR count). The predicted molar refractivity (Wildman–Crippen MR) is 119 cm³/mol. The van der Waals surface area contributed by atoms with E-state index in [1.165, 1.54) is 17.6 Å². The van der Waals surface area contributed by atoms with Gasteiger partial charge in [0.05, 0.1) is 16.5 Å². The molecule has 0 saturated carbocycles. The first-order valence-electron chi connectivity index (χ1n) is 9.26. The minimum Gasteiger partial charge on any atom is -0.481 e. The maximum absolute atomic E-state index is 12.7. The van der Waals surface area contributed by atoms with E-state index in [4.69, 9.17) is 4.74 Å². The Morgan fingerprint density at radius 3 is 2.63 bits per heavy atom. The lowest BCUT2D eigenvalue weighted by molar-refractivity contribution is -0.142. The third kappa shape index (κ3) is 5.73. The van der Waals surface area contributed by atoms with Crippen LogP contribution in [0.1, 0.15) is 17.5 Å². The topological polar surface area (TPSA) is 72.9 Å². The molecule has 2 amide bonds. The number of rotatable bonds is 8. The van der Waals surface area contributed by atoms with Crippen LogP contribution in [0.5, 0.6) is 5.75 Å². The highest BCUT2D eigenvalue weighted by molar-refractivity contribution is 9.10. The Hall–Kier alpha value is -2.58. The van der Waals surface area contributed by atoms with Gasteiger partial charge in [0.2, 0.25) is 0 Å². The summed E-state index contributed by atoms with van der Waals surface area (Å²) in [5, 5.41) is -0.253. The van der Waals surface area contributed by atoms with Gasteiger partial charge < -0.3 is 9.47 Å². The second-order valence-electron chi connectivity index (χ2n) is 6.48. The molecule has 0 unspecified atom stereocenters. The molecule has 1 fully saturated rings. The number of hydrogen-bond donors (Lipinski definition) is 0. The molecule has 0 atom stereocenters. The molecule has 1 aliphatic heterocycles. The van der Waals surface area contributed by atoms with Crippen molar-refractivity contribution in [3.8, 4) is 5.75 Å². The number of esters is 1. The van der Waals surface area contributed by atoms with E-state index in [2.05, 4.69) is 20.7 Å². The molecule has 0 N–H and O–H groups in total. The van der Waals surface area contributed by atoms with E-state index in [-0.39, 0.29) is 17.8 Å². The molecule has 156 valence electrons. The van der Waals surface area contributed by atoms with E-state index < -0.39 is 5.97 Å². The summed E-state index contributed by atoms with van der Waals surface area (Å²) in [6.07, 6.45) is 3.20. The van der Waals surface area contributed by atoms with Crippen LogP contribution in [0.25, 0.3) is 6.08 Å². The third-order valence-corrected chi connectivity index (χ3v) is 5.92. The molecule has 1 heterocycles. The smallest absolute Gasteiger partial charge is 0.343 e. The van der Waals surface area contributed by atoms with Crippen LogP contribution in [0.2, 0.25) is 0 Å². The van der Waals surface area contributed by atoms with E-state index in [1.54, 1.807) is 24.3 Å². The Morgan fingerprint density at radius 1 is 1.17 bits per heavy atom. The molecular formula is C22H20BrNO5S. The SMILES string of the molecule is COC(=O)COc1ccc(/C=C2/SC(=O)N(CCCc3ccccc3)C2=O)cc1Br. The van der Waals surface area contributed by atoms with Gasteiger partial charge in [0.15, 0.2) is 6.61 Å². The molecule has 1 saturated heterocycles. The minimum absolute atomic E-state index is 0.198. The summed E-state index contributed by atoms with van der Waals surface area (Å²) in [7, 11) is 1.29. The van der Waals surface area contributed by atoms with Crippen LogP contribution in [0.15, 0.2) is 57.9 Å². The molecule has 6 nitrogen and oxygen atoms in total. The summed E-state index contributed by atoms with van der Waals surface area (Å²) < 4.78 is 10.5. The maximum atomic E-state index is 12.7. The molecule has 2 aromatic rings. The third-order valence-electron chi connectivity index (χ3n) is 4.39. The standard InChI is InChI=1S/C22H20BrNO5S/c1-28-20(25)14-29-18-10-9-16(12-17(18)23)13-19-21(26)24(22(27)30-19)11-5-8-15-6-3-2-4-7-15/h2-4,6-7,9-10,12-13H,5,8,11,14H2,1H3/b19-13+. The van der Waals surface area contributed by atoms with Crippen molar-refractivity contribution in [2.75, 3.05) is 20.3 Å². The second kappa shape index (κ2) is 10.4. The molecule has 2 aromatic carbocycles. The van der Waals surface area contributed by atoms with Crippen LogP contribution in [0, 0.1) is 0 Å². The number of carbonyl (C=O) groups excluding carboxylic acids is 3. The van der Waals surface area contributed by atoms with Crippen molar-refractivity contribution in [3.05, 3.63) is 69.0 Å². The fourth-order valence-corrected chi connectivity index (χ4v) is 4.23. The fourth-order valence-electron chi connectivity index (χ4n) is 2.85. The zero-order valence-electron chi connectivity index (χ0n) is 16.3. The first-order valence-corrected chi connectivity index (χ1v) is 10.9.